The van der Waals surface area contributed by atoms with Crippen LogP contribution in [0.3, 0.4) is 0 Å². The van der Waals surface area contributed by atoms with Crippen LogP contribution in [0.5, 0.6) is 0 Å². The van der Waals surface area contributed by atoms with Crippen LogP contribution in [0.15, 0.2) is 47.0 Å². The minimum Gasteiger partial charge on any atom is -0.361 e. The summed E-state index contributed by atoms with van der Waals surface area (Å²) in [5.74, 6) is -0.455. The second-order valence-electron chi connectivity index (χ2n) is 6.30. The molecule has 0 bridgehead atoms. The van der Waals surface area contributed by atoms with Gasteiger partial charge in [-0.1, -0.05) is 18.2 Å². The van der Waals surface area contributed by atoms with E-state index in [1.165, 1.54) is 6.08 Å². The van der Waals surface area contributed by atoms with Crippen molar-refractivity contribution in [2.75, 3.05) is 12.3 Å². The molecule has 0 aliphatic heterocycles. The van der Waals surface area contributed by atoms with Gasteiger partial charge in [-0.3, -0.25) is 14.1 Å². The summed E-state index contributed by atoms with van der Waals surface area (Å²) in [4.78, 5) is 44.3. The highest BCUT2D eigenvalue weighted by Gasteiger charge is 2.33. The summed E-state index contributed by atoms with van der Waals surface area (Å²) in [5.41, 5.74) is 11.2. The molecule has 0 radical (unpaired) electrons. The summed E-state index contributed by atoms with van der Waals surface area (Å²) in [6, 6.07) is 8.97. The highest BCUT2D eigenvalue weighted by Crippen LogP contribution is 2.40. The Labute approximate surface area is 156 Å². The predicted octanol–water partition coefficient (Wildman–Crippen LogP) is 2.51. The number of benzene rings is 1. The molecule has 1 aliphatic rings. The fourth-order valence-corrected chi connectivity index (χ4v) is 3.97. The second kappa shape index (κ2) is 9.00. The van der Waals surface area contributed by atoms with E-state index in [1.54, 1.807) is 24.3 Å². The predicted molar refractivity (Wildman–Crippen MR) is 101 cm³/mol. The van der Waals surface area contributed by atoms with Gasteiger partial charge in [0.1, 0.15) is 0 Å². The van der Waals surface area contributed by atoms with Crippen LogP contribution in [0.1, 0.15) is 19.3 Å². The van der Waals surface area contributed by atoms with E-state index < -0.39 is 21.1 Å². The Hall–Kier alpha value is -1.69. The lowest BCUT2D eigenvalue weighted by molar-refractivity contribution is -0.0109. The molecule has 1 aromatic carbocycles. The van der Waals surface area contributed by atoms with Gasteiger partial charge in [0, 0.05) is 18.2 Å². The van der Waals surface area contributed by atoms with Crippen molar-refractivity contribution in [1.29, 1.82) is 0 Å². The Morgan fingerprint density at radius 1 is 1.07 bits per heavy atom. The summed E-state index contributed by atoms with van der Waals surface area (Å²) in [5, 5.41) is 0. The lowest BCUT2D eigenvalue weighted by atomic mass is 9.83. The first-order valence-corrected chi connectivity index (χ1v) is 11.8. The lowest BCUT2D eigenvalue weighted by Gasteiger charge is -2.21. The van der Waals surface area contributed by atoms with Crippen molar-refractivity contribution in [2.24, 2.45) is 10.9 Å². The first-order chi connectivity index (χ1) is 12.6. The third kappa shape index (κ3) is 7.45. The quantitative estimate of drug-likeness (QED) is 0.305. The molecular formula is C16H21N3O6P2. The Balaban J connectivity index is 2.36. The third-order valence-corrected chi connectivity index (χ3v) is 5.77. The Bertz CT molecular complexity index is 881. The third-order valence-electron chi connectivity index (χ3n) is 4.13. The number of allylic oxidation sites excluding steroid dienone is 2. The maximum atomic E-state index is 11.2. The zero-order valence-corrected chi connectivity index (χ0v) is 16.2. The van der Waals surface area contributed by atoms with Crippen LogP contribution in [-0.4, -0.2) is 48.1 Å². The number of rotatable bonds is 7. The van der Waals surface area contributed by atoms with Gasteiger partial charge in [-0.25, -0.2) is 0 Å². The summed E-state index contributed by atoms with van der Waals surface area (Å²) in [6.45, 7) is 0. The van der Waals surface area contributed by atoms with Gasteiger partial charge in [0.15, 0.2) is 0 Å². The molecule has 0 fully saturated rings. The molecule has 1 aliphatic carbocycles. The average molecular weight is 413 g/mol. The van der Waals surface area contributed by atoms with Crippen molar-refractivity contribution >= 4 is 32.3 Å². The van der Waals surface area contributed by atoms with Gasteiger partial charge < -0.3 is 25.1 Å². The fraction of sp³-hybridized carbons (Fsp3) is 0.375. The standard InChI is InChI=1S/C16H21N3O6P2/c17-19-16-11-12(6-8-26(20,21)22)15(18-14-4-2-1-3-5-14)10-13(16)7-9-27(23,24)25/h1-5,11,13H,6-10H2,(H2,20,21,22)(H2,23,24,25). The summed E-state index contributed by atoms with van der Waals surface area (Å²) in [7, 11) is -8.43. The molecule has 11 heteroatoms. The number of para-hydroxylation sites is 1. The Kier molecular flexibility index (Phi) is 7.20. The van der Waals surface area contributed by atoms with E-state index in [0.29, 0.717) is 17.0 Å². The molecule has 1 atom stereocenters. The summed E-state index contributed by atoms with van der Waals surface area (Å²) in [6.07, 6.45) is 1.14. The van der Waals surface area contributed by atoms with Gasteiger partial charge in [-0.15, -0.1) is 0 Å². The number of aliphatic imine (C=N–C) groups is 1. The molecule has 4 N–H and O–H groups in total. The highest BCUT2D eigenvalue weighted by molar-refractivity contribution is 7.52. The van der Waals surface area contributed by atoms with Crippen molar-refractivity contribution in [2.45, 2.75) is 19.3 Å². The fourth-order valence-electron chi connectivity index (χ4n) is 2.79. The number of hydrogen-bond donors (Lipinski definition) is 4. The molecular weight excluding hydrogens is 392 g/mol. The van der Waals surface area contributed by atoms with E-state index in [2.05, 4.69) is 9.78 Å². The molecule has 0 aromatic heterocycles. The normalized spacial score (nSPS) is 19.7. The summed E-state index contributed by atoms with van der Waals surface area (Å²) >= 11 is 0. The van der Waals surface area contributed by atoms with Crippen LogP contribution in [-0.2, 0) is 9.13 Å². The van der Waals surface area contributed by atoms with Crippen LogP contribution >= 0.6 is 15.2 Å². The van der Waals surface area contributed by atoms with Crippen molar-refractivity contribution in [3.8, 4) is 0 Å². The average Bonchev–Trinajstić information content (AvgIpc) is 2.58. The van der Waals surface area contributed by atoms with Crippen LogP contribution in [0, 0.1) is 5.92 Å². The number of hydrogen-bond acceptors (Lipinski definition) is 3. The molecule has 2 rings (SSSR count). The monoisotopic (exact) mass is 413 g/mol. The Morgan fingerprint density at radius 3 is 2.26 bits per heavy atom. The van der Waals surface area contributed by atoms with Crippen molar-refractivity contribution in [1.82, 2.24) is 0 Å². The Morgan fingerprint density at radius 2 is 1.70 bits per heavy atom. The molecule has 0 heterocycles. The summed E-state index contributed by atoms with van der Waals surface area (Å²) < 4.78 is 22.4. The van der Waals surface area contributed by atoms with E-state index >= 15 is 0 Å². The van der Waals surface area contributed by atoms with Crippen molar-refractivity contribution < 1.29 is 33.5 Å². The minimum absolute atomic E-state index is 0.0418. The first kappa shape index (κ1) is 21.6. The zero-order chi connectivity index (χ0) is 20.1. The topological polar surface area (TPSA) is 164 Å². The molecule has 1 aromatic rings. The molecule has 27 heavy (non-hydrogen) atoms. The van der Waals surface area contributed by atoms with E-state index in [4.69, 9.17) is 19.6 Å². The molecule has 0 saturated heterocycles. The maximum Gasteiger partial charge on any atom is 0.325 e. The van der Waals surface area contributed by atoms with Gasteiger partial charge >= 0.3 is 15.2 Å². The number of nitrogens with zero attached hydrogens (tertiary/aromatic N) is 3. The van der Waals surface area contributed by atoms with Gasteiger partial charge in [-0.2, -0.15) is 4.79 Å². The van der Waals surface area contributed by atoms with E-state index in [1.807, 2.05) is 6.07 Å². The molecule has 0 amide bonds. The van der Waals surface area contributed by atoms with Crippen molar-refractivity contribution in [3.63, 3.8) is 0 Å². The van der Waals surface area contributed by atoms with Gasteiger partial charge in [0.2, 0.25) is 0 Å². The van der Waals surface area contributed by atoms with E-state index in [0.717, 1.165) is 0 Å². The minimum atomic E-state index is -4.22. The molecule has 1 unspecified atom stereocenters. The van der Waals surface area contributed by atoms with Crippen molar-refractivity contribution in [3.05, 3.63) is 47.5 Å². The maximum absolute atomic E-state index is 11.2. The molecule has 0 saturated carbocycles. The molecule has 146 valence electrons. The highest BCUT2D eigenvalue weighted by atomic mass is 31.2. The van der Waals surface area contributed by atoms with Crippen LogP contribution in [0.2, 0.25) is 0 Å². The molecule has 0 spiro atoms. The van der Waals surface area contributed by atoms with Gasteiger partial charge in [0.25, 0.3) is 5.71 Å². The van der Waals surface area contributed by atoms with Crippen LogP contribution in [0.25, 0.3) is 5.53 Å². The lowest BCUT2D eigenvalue weighted by Crippen LogP contribution is -2.26. The van der Waals surface area contributed by atoms with Gasteiger partial charge in [-0.05, 0) is 30.5 Å². The zero-order valence-electron chi connectivity index (χ0n) is 14.4. The molecule has 9 nitrogen and oxygen atoms in total. The largest absolute Gasteiger partial charge is 0.361 e. The van der Waals surface area contributed by atoms with Crippen LogP contribution in [0.4, 0.5) is 5.69 Å². The van der Waals surface area contributed by atoms with Crippen LogP contribution < -0.4 is 0 Å². The second-order valence-corrected chi connectivity index (χ2v) is 9.86. The smallest absolute Gasteiger partial charge is 0.325 e. The first-order valence-electron chi connectivity index (χ1n) is 8.22. The van der Waals surface area contributed by atoms with Gasteiger partial charge in [0.05, 0.1) is 23.9 Å². The SMILES string of the molecule is [N-]=[N+]=C1C=C(CCP(=O)(O)O)C(=Nc2ccccc2)CC1CCP(=O)(O)O. The van der Waals surface area contributed by atoms with E-state index in [-0.39, 0.29) is 37.3 Å². The van der Waals surface area contributed by atoms with E-state index in [9.17, 15) is 14.7 Å².